The van der Waals surface area contributed by atoms with E-state index in [1.54, 1.807) is 24.3 Å². The molecule has 0 aromatic heterocycles. The highest BCUT2D eigenvalue weighted by Gasteiger charge is 2.35. The van der Waals surface area contributed by atoms with Crippen LogP contribution >= 0.6 is 0 Å². The monoisotopic (exact) mass is 653 g/mol. The van der Waals surface area contributed by atoms with Crippen molar-refractivity contribution in [3.05, 3.63) is 71.8 Å². The zero-order valence-corrected chi connectivity index (χ0v) is 28.1. The van der Waals surface area contributed by atoms with Crippen molar-refractivity contribution in [2.24, 2.45) is 17.1 Å². The lowest BCUT2D eigenvalue weighted by Gasteiger charge is -2.31. The molecule has 0 radical (unpaired) electrons. The standard InChI is InChI=1S/C35H51N5O7/c1-6-25(7-2)38-31(43)19-26(35(3,4)5)32(44)37-21-29(41)27(18-23-14-10-8-11-15-23)39-33(45)28(20-30(36)42)40-34(46)47-22-24-16-12-9-13-17-24/h8-17,25-29,41H,6-7,18-22H2,1-5H3,(H2,36,42)(H,37,44)(H,38,43)(H,39,45)(H,40,46)/t26-,27-,28-,29+/m0/s1. The van der Waals surface area contributed by atoms with Crippen molar-refractivity contribution in [3.8, 4) is 0 Å². The molecule has 2 aromatic rings. The van der Waals surface area contributed by atoms with Crippen LogP contribution in [0, 0.1) is 11.3 Å². The summed E-state index contributed by atoms with van der Waals surface area (Å²) in [6, 6.07) is 15.7. The normalized spacial score (nSPS) is 13.9. The van der Waals surface area contributed by atoms with Crippen molar-refractivity contribution in [3.63, 3.8) is 0 Å². The molecule has 2 aromatic carbocycles. The lowest BCUT2D eigenvalue weighted by molar-refractivity contribution is -0.134. The molecule has 12 nitrogen and oxygen atoms in total. The van der Waals surface area contributed by atoms with Gasteiger partial charge in [0.25, 0.3) is 0 Å². The van der Waals surface area contributed by atoms with Gasteiger partial charge in [-0.05, 0) is 35.8 Å². The number of aliphatic hydroxyl groups excluding tert-OH is 1. The fourth-order valence-electron chi connectivity index (χ4n) is 4.98. The Morgan fingerprint density at radius 1 is 0.809 bits per heavy atom. The SMILES string of the molecule is CCC(CC)NC(=O)C[C@@H](C(=O)NC[C@@H](O)[C@H](Cc1ccccc1)NC(=O)[C@H](CC(N)=O)NC(=O)OCc1ccccc1)C(C)(C)C. The number of hydrogen-bond acceptors (Lipinski definition) is 7. The Labute approximate surface area is 277 Å². The summed E-state index contributed by atoms with van der Waals surface area (Å²) in [6.07, 6.45) is -1.01. The largest absolute Gasteiger partial charge is 0.445 e. The molecule has 0 saturated heterocycles. The number of rotatable bonds is 18. The highest BCUT2D eigenvalue weighted by atomic mass is 16.5. The van der Waals surface area contributed by atoms with E-state index < -0.39 is 59.8 Å². The number of amides is 5. The van der Waals surface area contributed by atoms with Crippen molar-refractivity contribution in [1.29, 1.82) is 0 Å². The fourth-order valence-corrected chi connectivity index (χ4v) is 4.98. The number of carbonyl (C=O) groups excluding carboxylic acids is 5. The van der Waals surface area contributed by atoms with E-state index in [2.05, 4.69) is 21.3 Å². The molecule has 0 saturated carbocycles. The molecule has 0 aliphatic carbocycles. The van der Waals surface area contributed by atoms with Crippen LogP contribution in [-0.2, 0) is 36.9 Å². The summed E-state index contributed by atoms with van der Waals surface area (Å²) in [6.45, 7) is 9.29. The first kappa shape index (κ1) is 38.7. The number of aliphatic hydroxyl groups is 1. The summed E-state index contributed by atoms with van der Waals surface area (Å²) in [5, 5.41) is 22.1. The molecule has 2 rings (SSSR count). The Kier molecular flexibility index (Phi) is 15.9. The van der Waals surface area contributed by atoms with Crippen LogP contribution in [0.15, 0.2) is 60.7 Å². The van der Waals surface area contributed by atoms with E-state index in [9.17, 15) is 29.1 Å². The lowest BCUT2D eigenvalue weighted by Crippen LogP contribution is -2.56. The van der Waals surface area contributed by atoms with Crippen LogP contribution in [0.2, 0.25) is 0 Å². The Bertz CT molecular complexity index is 1300. The minimum atomic E-state index is -1.38. The molecule has 0 heterocycles. The molecule has 4 atom stereocenters. The summed E-state index contributed by atoms with van der Waals surface area (Å²) in [5.41, 5.74) is 6.33. The molecule has 0 bridgehead atoms. The first-order valence-electron chi connectivity index (χ1n) is 16.1. The van der Waals surface area contributed by atoms with Gasteiger partial charge in [-0.25, -0.2) is 4.79 Å². The quantitative estimate of drug-likeness (QED) is 0.143. The van der Waals surface area contributed by atoms with Gasteiger partial charge in [-0.2, -0.15) is 0 Å². The predicted molar refractivity (Wildman–Crippen MR) is 179 cm³/mol. The summed E-state index contributed by atoms with van der Waals surface area (Å²) in [4.78, 5) is 63.9. The molecule has 47 heavy (non-hydrogen) atoms. The molecular weight excluding hydrogens is 602 g/mol. The summed E-state index contributed by atoms with van der Waals surface area (Å²) in [7, 11) is 0. The number of nitrogens with two attached hydrogens (primary N) is 1. The zero-order valence-electron chi connectivity index (χ0n) is 28.1. The van der Waals surface area contributed by atoms with E-state index in [1.807, 2.05) is 71.0 Å². The van der Waals surface area contributed by atoms with Crippen molar-refractivity contribution in [2.45, 2.75) is 97.6 Å². The molecule has 258 valence electrons. The van der Waals surface area contributed by atoms with Gasteiger partial charge >= 0.3 is 6.09 Å². The van der Waals surface area contributed by atoms with E-state index in [1.165, 1.54) is 0 Å². The van der Waals surface area contributed by atoms with Crippen LogP contribution in [-0.4, -0.2) is 65.6 Å². The van der Waals surface area contributed by atoms with E-state index in [-0.39, 0.29) is 37.9 Å². The average molecular weight is 654 g/mol. The maximum atomic E-state index is 13.4. The van der Waals surface area contributed by atoms with Crippen LogP contribution in [0.1, 0.15) is 71.4 Å². The molecule has 7 N–H and O–H groups in total. The molecule has 0 aliphatic heterocycles. The predicted octanol–water partition coefficient (Wildman–Crippen LogP) is 2.72. The smallest absolute Gasteiger partial charge is 0.408 e. The first-order chi connectivity index (χ1) is 22.2. The molecule has 5 amide bonds. The summed E-state index contributed by atoms with van der Waals surface area (Å²) < 4.78 is 5.21. The van der Waals surface area contributed by atoms with Gasteiger partial charge in [0.15, 0.2) is 0 Å². The molecule has 0 spiro atoms. The maximum Gasteiger partial charge on any atom is 0.408 e. The number of primary amides is 1. The number of ether oxygens (including phenoxy) is 1. The number of carbonyl (C=O) groups is 5. The second-order valence-corrected chi connectivity index (χ2v) is 12.8. The van der Waals surface area contributed by atoms with Gasteiger partial charge in [-0.15, -0.1) is 0 Å². The van der Waals surface area contributed by atoms with Gasteiger partial charge in [-0.1, -0.05) is 95.3 Å². The number of hydrogen-bond donors (Lipinski definition) is 6. The zero-order chi connectivity index (χ0) is 35.0. The van der Waals surface area contributed by atoms with Crippen LogP contribution in [0.4, 0.5) is 4.79 Å². The molecule has 0 aliphatic rings. The Balaban J connectivity index is 2.15. The molecule has 12 heteroatoms. The second kappa shape index (κ2) is 19.3. The van der Waals surface area contributed by atoms with Crippen molar-refractivity contribution in [1.82, 2.24) is 21.3 Å². The third kappa shape index (κ3) is 14.2. The lowest BCUT2D eigenvalue weighted by atomic mass is 9.78. The first-order valence-corrected chi connectivity index (χ1v) is 16.1. The summed E-state index contributed by atoms with van der Waals surface area (Å²) in [5.74, 6) is -2.91. The van der Waals surface area contributed by atoms with E-state index in [4.69, 9.17) is 10.5 Å². The number of nitrogens with one attached hydrogen (secondary N) is 4. The number of benzene rings is 2. The van der Waals surface area contributed by atoms with Crippen molar-refractivity contribution < 1.29 is 33.8 Å². The molecule has 0 fully saturated rings. The van der Waals surface area contributed by atoms with Crippen LogP contribution in [0.5, 0.6) is 0 Å². The van der Waals surface area contributed by atoms with E-state index in [0.29, 0.717) is 0 Å². The van der Waals surface area contributed by atoms with Crippen molar-refractivity contribution >= 4 is 29.7 Å². The van der Waals surface area contributed by atoms with Crippen LogP contribution < -0.4 is 27.0 Å². The van der Waals surface area contributed by atoms with Gasteiger partial charge in [-0.3, -0.25) is 19.2 Å². The number of alkyl carbamates (subject to hydrolysis) is 1. The second-order valence-electron chi connectivity index (χ2n) is 12.8. The van der Waals surface area contributed by atoms with E-state index in [0.717, 1.165) is 24.0 Å². The van der Waals surface area contributed by atoms with Crippen molar-refractivity contribution in [2.75, 3.05) is 6.54 Å². The minimum absolute atomic E-state index is 0.0209. The van der Waals surface area contributed by atoms with Gasteiger partial charge in [0.1, 0.15) is 12.6 Å². The Morgan fingerprint density at radius 3 is 1.91 bits per heavy atom. The fraction of sp³-hybridized carbons (Fsp3) is 0.514. The highest BCUT2D eigenvalue weighted by molar-refractivity contribution is 5.90. The van der Waals surface area contributed by atoms with E-state index >= 15 is 0 Å². The van der Waals surface area contributed by atoms with Gasteiger partial charge < -0.3 is 36.8 Å². The van der Waals surface area contributed by atoms with Gasteiger partial charge in [0.2, 0.25) is 23.6 Å². The highest BCUT2D eigenvalue weighted by Crippen LogP contribution is 2.29. The van der Waals surface area contributed by atoms with Crippen LogP contribution in [0.25, 0.3) is 0 Å². The topological polar surface area (TPSA) is 189 Å². The third-order valence-electron chi connectivity index (χ3n) is 7.90. The third-order valence-corrected chi connectivity index (χ3v) is 7.90. The van der Waals surface area contributed by atoms with Crippen LogP contribution in [0.3, 0.4) is 0 Å². The molecular formula is C35H51N5O7. The maximum absolute atomic E-state index is 13.4. The van der Waals surface area contributed by atoms with Gasteiger partial charge in [0, 0.05) is 19.0 Å². The van der Waals surface area contributed by atoms with Gasteiger partial charge in [0.05, 0.1) is 24.5 Å². The minimum Gasteiger partial charge on any atom is -0.445 e. The average Bonchev–Trinajstić information content (AvgIpc) is 3.03. The Hall–Kier alpha value is -4.45. The molecule has 0 unspecified atom stereocenters. The summed E-state index contributed by atoms with van der Waals surface area (Å²) >= 11 is 0. The Morgan fingerprint density at radius 2 is 1.38 bits per heavy atom.